The van der Waals surface area contributed by atoms with Gasteiger partial charge in [0.25, 0.3) is 5.91 Å². The zero-order chi connectivity index (χ0) is 19.6. The van der Waals surface area contributed by atoms with E-state index < -0.39 is 10.0 Å². The maximum Gasteiger partial charge on any atom is 0.272 e. The topological polar surface area (TPSA) is 87.6 Å². The van der Waals surface area contributed by atoms with E-state index >= 15 is 0 Å². The van der Waals surface area contributed by atoms with Crippen LogP contribution in [-0.4, -0.2) is 26.3 Å². The number of nitrogens with zero attached hydrogens (tertiary/aromatic N) is 1. The van der Waals surface area contributed by atoms with E-state index in [0.717, 1.165) is 36.6 Å². The fourth-order valence-corrected chi connectivity index (χ4v) is 4.93. The van der Waals surface area contributed by atoms with Crippen LogP contribution in [-0.2, 0) is 22.9 Å². The monoisotopic (exact) mass is 405 g/mol. The second-order valence-electron chi connectivity index (χ2n) is 6.99. The van der Waals surface area contributed by atoms with Crippen molar-refractivity contribution in [3.05, 3.63) is 51.2 Å². The van der Waals surface area contributed by atoms with Gasteiger partial charge in [0.15, 0.2) is 0 Å². The maximum absolute atomic E-state index is 12.5. The van der Waals surface area contributed by atoms with Gasteiger partial charge in [-0.3, -0.25) is 9.52 Å². The number of nitrogens with one attached hydrogen (secondary N) is 2. The third kappa shape index (κ3) is 4.95. The minimum absolute atomic E-state index is 0.184. The SMILES string of the molecule is C/C(=N/NC(=O)c1csc2c1CC[C@@H](C)C2)c1ccc(NS(C)(=O)=O)cc1. The molecule has 1 heterocycles. The fourth-order valence-electron chi connectivity index (χ4n) is 3.12. The molecule has 0 spiro atoms. The van der Waals surface area contributed by atoms with Crippen molar-refractivity contribution in [3.63, 3.8) is 0 Å². The predicted molar refractivity (Wildman–Crippen MR) is 110 cm³/mol. The van der Waals surface area contributed by atoms with Gasteiger partial charge < -0.3 is 0 Å². The second kappa shape index (κ2) is 7.82. The number of amides is 1. The molecule has 0 bridgehead atoms. The molecular formula is C19H23N3O3S2. The Morgan fingerprint density at radius 2 is 1.96 bits per heavy atom. The summed E-state index contributed by atoms with van der Waals surface area (Å²) >= 11 is 1.66. The Bertz CT molecular complexity index is 976. The van der Waals surface area contributed by atoms with E-state index in [-0.39, 0.29) is 5.91 Å². The number of hydrogen-bond donors (Lipinski definition) is 2. The van der Waals surface area contributed by atoms with Gasteiger partial charge in [0.1, 0.15) is 0 Å². The highest BCUT2D eigenvalue weighted by Crippen LogP contribution is 2.32. The molecule has 1 aromatic heterocycles. The van der Waals surface area contributed by atoms with E-state index in [1.54, 1.807) is 42.5 Å². The van der Waals surface area contributed by atoms with E-state index in [0.29, 0.717) is 17.3 Å². The predicted octanol–water partition coefficient (Wildman–Crippen LogP) is 3.40. The van der Waals surface area contributed by atoms with Gasteiger partial charge in [-0.05, 0) is 55.4 Å². The molecule has 0 saturated carbocycles. The van der Waals surface area contributed by atoms with Gasteiger partial charge in [-0.15, -0.1) is 11.3 Å². The Labute approximate surface area is 163 Å². The first kappa shape index (κ1) is 19.6. The number of thiophene rings is 1. The molecule has 2 N–H and O–H groups in total. The number of carbonyl (C=O) groups excluding carboxylic acids is 1. The average Bonchev–Trinajstić information content (AvgIpc) is 3.01. The van der Waals surface area contributed by atoms with Gasteiger partial charge in [0, 0.05) is 15.9 Å². The summed E-state index contributed by atoms with van der Waals surface area (Å²) in [5.74, 6) is 0.490. The Morgan fingerprint density at radius 1 is 1.26 bits per heavy atom. The molecule has 1 aliphatic carbocycles. The average molecular weight is 406 g/mol. The van der Waals surface area contributed by atoms with E-state index in [1.165, 1.54) is 10.4 Å². The Morgan fingerprint density at radius 3 is 2.63 bits per heavy atom. The highest BCUT2D eigenvalue weighted by Gasteiger charge is 2.23. The van der Waals surface area contributed by atoms with E-state index in [9.17, 15) is 13.2 Å². The standard InChI is InChI=1S/C19H23N3O3S2/c1-12-4-9-16-17(11-26-18(16)10-12)19(23)21-20-13(2)14-5-7-15(8-6-14)22-27(3,24)25/h5-8,11-12,22H,4,9-10H2,1-3H3,(H,21,23)/b20-13-/t12-/m1/s1. The lowest BCUT2D eigenvalue weighted by atomic mass is 9.88. The first-order valence-electron chi connectivity index (χ1n) is 8.75. The first-order valence-corrected chi connectivity index (χ1v) is 11.5. The summed E-state index contributed by atoms with van der Waals surface area (Å²) < 4.78 is 24.9. The van der Waals surface area contributed by atoms with Crippen LogP contribution in [0.4, 0.5) is 5.69 Å². The summed E-state index contributed by atoms with van der Waals surface area (Å²) in [7, 11) is -3.30. The number of rotatable bonds is 5. The molecule has 3 rings (SSSR count). The summed E-state index contributed by atoms with van der Waals surface area (Å²) in [5.41, 5.74) is 6.47. The molecule has 0 fully saturated rings. The van der Waals surface area contributed by atoms with Crippen LogP contribution < -0.4 is 10.1 Å². The Hall–Kier alpha value is -2.19. The highest BCUT2D eigenvalue weighted by atomic mass is 32.2. The van der Waals surface area contributed by atoms with Crippen molar-refractivity contribution in [2.24, 2.45) is 11.0 Å². The summed E-state index contributed by atoms with van der Waals surface area (Å²) in [6.07, 6.45) is 4.21. The fraction of sp³-hybridized carbons (Fsp3) is 0.368. The van der Waals surface area contributed by atoms with Gasteiger partial charge in [-0.2, -0.15) is 5.10 Å². The van der Waals surface area contributed by atoms with Crippen LogP contribution >= 0.6 is 11.3 Å². The molecule has 0 radical (unpaired) electrons. The Kier molecular flexibility index (Phi) is 5.67. The summed E-state index contributed by atoms with van der Waals surface area (Å²) in [6.45, 7) is 4.04. The number of carbonyl (C=O) groups is 1. The smallest absolute Gasteiger partial charge is 0.272 e. The molecule has 6 nitrogen and oxygen atoms in total. The molecule has 8 heteroatoms. The van der Waals surface area contributed by atoms with Gasteiger partial charge in [-0.1, -0.05) is 19.1 Å². The number of anilines is 1. The number of benzene rings is 1. The molecule has 0 saturated heterocycles. The van der Waals surface area contributed by atoms with E-state index in [4.69, 9.17) is 0 Å². The van der Waals surface area contributed by atoms with Gasteiger partial charge in [0.05, 0.1) is 17.5 Å². The van der Waals surface area contributed by atoms with Crippen LogP contribution in [0.15, 0.2) is 34.7 Å². The molecule has 144 valence electrons. The third-order valence-electron chi connectivity index (χ3n) is 4.58. The lowest BCUT2D eigenvalue weighted by Crippen LogP contribution is -2.21. The normalized spacial score (nSPS) is 17.3. The number of hydrogen-bond acceptors (Lipinski definition) is 5. The van der Waals surface area contributed by atoms with E-state index in [1.807, 2.05) is 5.38 Å². The largest absolute Gasteiger partial charge is 0.284 e. The van der Waals surface area contributed by atoms with Gasteiger partial charge in [-0.25, -0.2) is 13.8 Å². The van der Waals surface area contributed by atoms with Crippen molar-refractivity contribution in [2.45, 2.75) is 33.1 Å². The zero-order valence-corrected chi connectivity index (χ0v) is 17.2. The van der Waals surface area contributed by atoms with Crippen molar-refractivity contribution >= 4 is 38.7 Å². The molecule has 1 amide bonds. The molecule has 1 aliphatic rings. The van der Waals surface area contributed by atoms with Crippen LogP contribution in [0.5, 0.6) is 0 Å². The van der Waals surface area contributed by atoms with Crippen molar-refractivity contribution in [1.82, 2.24) is 5.43 Å². The summed E-state index contributed by atoms with van der Waals surface area (Å²) in [6, 6.07) is 6.83. The molecular weight excluding hydrogens is 382 g/mol. The van der Waals surface area contributed by atoms with Gasteiger partial charge >= 0.3 is 0 Å². The van der Waals surface area contributed by atoms with Crippen LogP contribution in [0.3, 0.4) is 0 Å². The third-order valence-corrected chi connectivity index (χ3v) is 6.24. The van der Waals surface area contributed by atoms with Crippen LogP contribution in [0.2, 0.25) is 0 Å². The lowest BCUT2D eigenvalue weighted by molar-refractivity contribution is 0.0954. The highest BCUT2D eigenvalue weighted by molar-refractivity contribution is 7.92. The van der Waals surface area contributed by atoms with Crippen LogP contribution in [0.1, 0.15) is 46.6 Å². The van der Waals surface area contributed by atoms with Crippen molar-refractivity contribution < 1.29 is 13.2 Å². The number of sulfonamides is 1. The first-order chi connectivity index (χ1) is 12.7. The quantitative estimate of drug-likeness (QED) is 0.590. The lowest BCUT2D eigenvalue weighted by Gasteiger charge is -2.18. The van der Waals surface area contributed by atoms with Crippen molar-refractivity contribution in [3.8, 4) is 0 Å². The summed E-state index contributed by atoms with van der Waals surface area (Å²) in [5, 5.41) is 6.13. The van der Waals surface area contributed by atoms with Crippen LogP contribution in [0, 0.1) is 5.92 Å². The van der Waals surface area contributed by atoms with Gasteiger partial charge in [0.2, 0.25) is 10.0 Å². The molecule has 0 unspecified atom stereocenters. The van der Waals surface area contributed by atoms with Crippen molar-refractivity contribution in [1.29, 1.82) is 0 Å². The number of fused-ring (bicyclic) bond motifs is 1. The Balaban J connectivity index is 1.68. The molecule has 1 aromatic carbocycles. The minimum atomic E-state index is -3.30. The molecule has 0 aliphatic heterocycles. The molecule has 1 atom stereocenters. The van der Waals surface area contributed by atoms with Crippen molar-refractivity contribution in [2.75, 3.05) is 11.0 Å². The molecule has 2 aromatic rings. The number of hydrazone groups is 1. The zero-order valence-electron chi connectivity index (χ0n) is 15.6. The van der Waals surface area contributed by atoms with E-state index in [2.05, 4.69) is 22.2 Å². The summed E-state index contributed by atoms with van der Waals surface area (Å²) in [4.78, 5) is 13.8. The minimum Gasteiger partial charge on any atom is -0.284 e. The van der Waals surface area contributed by atoms with Crippen LogP contribution in [0.25, 0.3) is 0 Å². The maximum atomic E-state index is 12.5. The molecule has 27 heavy (non-hydrogen) atoms. The second-order valence-corrected chi connectivity index (χ2v) is 9.70.